The van der Waals surface area contributed by atoms with Gasteiger partial charge in [0.2, 0.25) is 5.91 Å². The minimum atomic E-state index is -0.732. The van der Waals surface area contributed by atoms with Crippen molar-refractivity contribution in [2.45, 2.75) is 33.9 Å². The zero-order valence-electron chi connectivity index (χ0n) is 19.7. The van der Waals surface area contributed by atoms with E-state index in [9.17, 15) is 19.6 Å². The molecule has 1 aromatic heterocycles. The fourth-order valence-electron chi connectivity index (χ4n) is 3.76. The van der Waals surface area contributed by atoms with Crippen molar-refractivity contribution >= 4 is 40.7 Å². The SMILES string of the molecule is CCOC(=O)/C(C#N)=c1\s/c(=C\Nc2cccc(CN3CCN(C(C)=O)CC3)c2)c(=O)n1CC. The van der Waals surface area contributed by atoms with Crippen LogP contribution < -0.4 is 20.1 Å². The molecule has 3 rings (SSSR count). The van der Waals surface area contributed by atoms with Gasteiger partial charge < -0.3 is 15.0 Å². The van der Waals surface area contributed by atoms with E-state index in [0.717, 1.165) is 55.3 Å². The molecule has 1 saturated heterocycles. The van der Waals surface area contributed by atoms with Crippen molar-refractivity contribution in [1.29, 1.82) is 5.26 Å². The molecule has 10 heteroatoms. The van der Waals surface area contributed by atoms with Crippen LogP contribution in [0.25, 0.3) is 11.8 Å². The number of piperazine rings is 1. The summed E-state index contributed by atoms with van der Waals surface area (Å²) in [4.78, 5) is 40.7. The second kappa shape index (κ2) is 11.6. The maximum atomic E-state index is 12.8. The lowest BCUT2D eigenvalue weighted by Gasteiger charge is -2.34. The number of amides is 1. The third kappa shape index (κ3) is 5.92. The number of esters is 1. The lowest BCUT2D eigenvalue weighted by atomic mass is 10.1. The Hall–Kier alpha value is -3.42. The van der Waals surface area contributed by atoms with Gasteiger partial charge in [0.25, 0.3) is 5.56 Å². The van der Waals surface area contributed by atoms with Crippen LogP contribution >= 0.6 is 11.3 Å². The quantitative estimate of drug-likeness (QED) is 0.577. The number of thiazole rings is 1. The number of nitriles is 1. The second-order valence-corrected chi connectivity index (χ2v) is 8.83. The molecule has 0 bridgehead atoms. The Labute approximate surface area is 202 Å². The molecule has 1 N–H and O–H groups in total. The van der Waals surface area contributed by atoms with E-state index >= 15 is 0 Å². The number of hydrogen-bond acceptors (Lipinski definition) is 8. The molecule has 9 nitrogen and oxygen atoms in total. The van der Waals surface area contributed by atoms with Gasteiger partial charge in [0.15, 0.2) is 5.57 Å². The predicted molar refractivity (Wildman–Crippen MR) is 131 cm³/mol. The van der Waals surface area contributed by atoms with Crippen molar-refractivity contribution in [1.82, 2.24) is 14.4 Å². The van der Waals surface area contributed by atoms with Crippen LogP contribution in [0.4, 0.5) is 5.69 Å². The Morgan fingerprint density at radius 1 is 1.24 bits per heavy atom. The fourth-order valence-corrected chi connectivity index (χ4v) is 4.84. The number of benzene rings is 1. The summed E-state index contributed by atoms with van der Waals surface area (Å²) in [6.07, 6.45) is 1.60. The molecule has 0 atom stereocenters. The van der Waals surface area contributed by atoms with Crippen LogP contribution in [0.2, 0.25) is 0 Å². The van der Waals surface area contributed by atoms with Crippen LogP contribution in [0.1, 0.15) is 26.3 Å². The summed E-state index contributed by atoms with van der Waals surface area (Å²) in [7, 11) is 0. The van der Waals surface area contributed by atoms with Gasteiger partial charge in [-0.3, -0.25) is 19.1 Å². The summed E-state index contributed by atoms with van der Waals surface area (Å²) in [5, 5.41) is 12.6. The number of hydrogen-bond donors (Lipinski definition) is 1. The molecule has 2 heterocycles. The Morgan fingerprint density at radius 3 is 2.59 bits per heavy atom. The van der Waals surface area contributed by atoms with Gasteiger partial charge in [0.1, 0.15) is 15.3 Å². The minimum Gasteiger partial charge on any atom is -0.462 e. The van der Waals surface area contributed by atoms with E-state index in [2.05, 4.69) is 10.2 Å². The van der Waals surface area contributed by atoms with Gasteiger partial charge in [-0.2, -0.15) is 5.26 Å². The first-order valence-electron chi connectivity index (χ1n) is 11.2. The Morgan fingerprint density at radius 2 is 1.97 bits per heavy atom. The highest BCUT2D eigenvalue weighted by molar-refractivity contribution is 7.07. The van der Waals surface area contributed by atoms with Crippen LogP contribution in [0.5, 0.6) is 0 Å². The van der Waals surface area contributed by atoms with Gasteiger partial charge in [-0.1, -0.05) is 12.1 Å². The standard InChI is InChI=1S/C24H29N5O4S/c1-4-29-22(31)21(34-23(29)20(14-25)24(32)33-5-2)15-26-19-8-6-7-18(13-19)16-27-9-11-28(12-10-27)17(3)30/h6-8,13,15,26H,4-5,9-12,16H2,1-3H3/b21-15-,23-20-. The van der Waals surface area contributed by atoms with E-state index in [1.54, 1.807) is 27.0 Å². The van der Waals surface area contributed by atoms with Crippen molar-refractivity contribution in [3.63, 3.8) is 0 Å². The third-order valence-corrected chi connectivity index (χ3v) is 6.68. The molecule has 0 spiro atoms. The molecular weight excluding hydrogens is 454 g/mol. The first-order chi connectivity index (χ1) is 16.4. The highest BCUT2D eigenvalue weighted by Gasteiger charge is 2.19. The molecule has 0 aliphatic carbocycles. The topological polar surface area (TPSA) is 108 Å². The highest BCUT2D eigenvalue weighted by atomic mass is 32.1. The van der Waals surface area contributed by atoms with Crippen LogP contribution in [0.15, 0.2) is 29.1 Å². The zero-order chi connectivity index (χ0) is 24.7. The monoisotopic (exact) mass is 483 g/mol. The molecule has 1 amide bonds. The summed E-state index contributed by atoms with van der Waals surface area (Å²) in [6.45, 7) is 9.43. The van der Waals surface area contributed by atoms with Crippen molar-refractivity contribution < 1.29 is 14.3 Å². The summed E-state index contributed by atoms with van der Waals surface area (Å²) in [5.41, 5.74) is 1.51. The van der Waals surface area contributed by atoms with E-state index < -0.39 is 5.97 Å². The highest BCUT2D eigenvalue weighted by Crippen LogP contribution is 2.14. The normalized spacial score (nSPS) is 15.6. The smallest absolute Gasteiger partial charge is 0.351 e. The first-order valence-corrected chi connectivity index (χ1v) is 12.0. The van der Waals surface area contributed by atoms with Crippen molar-refractivity contribution in [3.05, 3.63) is 49.4 Å². The Kier molecular flexibility index (Phi) is 8.62. The summed E-state index contributed by atoms with van der Waals surface area (Å²) in [5.74, 6) is -0.619. The van der Waals surface area contributed by atoms with Gasteiger partial charge in [-0.25, -0.2) is 4.79 Å². The van der Waals surface area contributed by atoms with Gasteiger partial charge in [-0.15, -0.1) is 11.3 Å². The Bertz CT molecular complexity index is 1270. The second-order valence-electron chi connectivity index (χ2n) is 7.80. The number of nitrogens with zero attached hydrogens (tertiary/aromatic N) is 4. The Balaban J connectivity index is 1.81. The summed E-state index contributed by atoms with van der Waals surface area (Å²) >= 11 is 1.08. The first kappa shape index (κ1) is 25.2. The van der Waals surface area contributed by atoms with E-state index in [1.165, 1.54) is 4.57 Å². The number of ether oxygens (including phenoxy) is 1. The predicted octanol–water partition coefficient (Wildman–Crippen LogP) is 0.681. The number of carbonyl (C=O) groups excluding carboxylic acids is 2. The molecule has 2 aromatic rings. The van der Waals surface area contributed by atoms with Gasteiger partial charge in [0.05, 0.1) is 6.61 Å². The molecule has 0 unspecified atom stereocenters. The van der Waals surface area contributed by atoms with Crippen LogP contribution in [-0.2, 0) is 27.4 Å². The minimum absolute atomic E-state index is 0.113. The van der Waals surface area contributed by atoms with Gasteiger partial charge in [0, 0.05) is 58.1 Å². The molecule has 34 heavy (non-hydrogen) atoms. The maximum absolute atomic E-state index is 12.8. The van der Waals surface area contributed by atoms with E-state index in [0.29, 0.717) is 15.7 Å². The van der Waals surface area contributed by atoms with Gasteiger partial charge in [-0.05, 0) is 31.5 Å². The number of carbonyl (C=O) groups is 2. The summed E-state index contributed by atoms with van der Waals surface area (Å²) < 4.78 is 7.05. The number of rotatable bonds is 7. The molecule has 1 aliphatic rings. The average Bonchev–Trinajstić information content (AvgIpc) is 3.14. The molecule has 0 saturated carbocycles. The van der Waals surface area contributed by atoms with Crippen LogP contribution in [0.3, 0.4) is 0 Å². The van der Waals surface area contributed by atoms with E-state index in [1.807, 2.05) is 35.2 Å². The van der Waals surface area contributed by atoms with Crippen molar-refractivity contribution in [2.75, 3.05) is 38.1 Å². The average molecular weight is 484 g/mol. The van der Waals surface area contributed by atoms with E-state index in [-0.39, 0.29) is 23.6 Å². The van der Waals surface area contributed by atoms with Gasteiger partial charge >= 0.3 is 5.97 Å². The maximum Gasteiger partial charge on any atom is 0.351 e. The largest absolute Gasteiger partial charge is 0.462 e. The summed E-state index contributed by atoms with van der Waals surface area (Å²) in [6, 6.07) is 9.80. The molecule has 1 aromatic carbocycles. The zero-order valence-corrected chi connectivity index (χ0v) is 20.5. The van der Waals surface area contributed by atoms with E-state index in [4.69, 9.17) is 4.74 Å². The number of anilines is 1. The number of aromatic nitrogens is 1. The molecule has 1 fully saturated rings. The fraction of sp³-hybridized carbons (Fsp3) is 0.417. The number of nitrogens with one attached hydrogen (secondary N) is 1. The lowest BCUT2D eigenvalue weighted by molar-refractivity contribution is -0.136. The van der Waals surface area contributed by atoms with Crippen molar-refractivity contribution in [2.24, 2.45) is 0 Å². The third-order valence-electron chi connectivity index (χ3n) is 5.55. The van der Waals surface area contributed by atoms with Crippen LogP contribution in [0, 0.1) is 11.3 Å². The molecule has 0 radical (unpaired) electrons. The van der Waals surface area contributed by atoms with Crippen molar-refractivity contribution in [3.8, 4) is 6.07 Å². The molecule has 180 valence electrons. The molecular formula is C24H29N5O4S. The van der Waals surface area contributed by atoms with Crippen LogP contribution in [-0.4, -0.2) is 59.0 Å². The molecule has 1 aliphatic heterocycles. The lowest BCUT2D eigenvalue weighted by Crippen LogP contribution is -2.47.